The van der Waals surface area contributed by atoms with Crippen molar-refractivity contribution in [3.05, 3.63) is 28.8 Å². The first kappa shape index (κ1) is 16.1. The van der Waals surface area contributed by atoms with Crippen LogP contribution >= 0.6 is 0 Å². The minimum absolute atomic E-state index is 0.343. The van der Waals surface area contributed by atoms with E-state index in [1.807, 2.05) is 19.9 Å². The van der Waals surface area contributed by atoms with E-state index in [2.05, 4.69) is 18.6 Å². The standard InChI is InChI=1S/C14H24N2O2S/c1-10(2)5-6-16-19(17,18)14-8-13(9-15)7-11(3)12(14)4/h7-8,10,16H,5-6,9,15H2,1-4H3. The van der Waals surface area contributed by atoms with Gasteiger partial charge in [-0.05, 0) is 48.9 Å². The molecule has 1 rings (SSSR count). The summed E-state index contributed by atoms with van der Waals surface area (Å²) in [6.07, 6.45) is 0.827. The molecule has 0 amide bonds. The Morgan fingerprint density at radius 3 is 2.42 bits per heavy atom. The van der Waals surface area contributed by atoms with Crippen LogP contribution in [-0.2, 0) is 16.6 Å². The molecule has 0 saturated heterocycles. The van der Waals surface area contributed by atoms with E-state index in [1.165, 1.54) is 0 Å². The summed E-state index contributed by atoms with van der Waals surface area (Å²) in [7, 11) is -3.45. The van der Waals surface area contributed by atoms with E-state index in [0.717, 1.165) is 23.1 Å². The van der Waals surface area contributed by atoms with Gasteiger partial charge >= 0.3 is 0 Å². The molecule has 0 unspecified atom stereocenters. The molecule has 0 spiro atoms. The Morgan fingerprint density at radius 2 is 1.89 bits per heavy atom. The van der Waals surface area contributed by atoms with E-state index in [0.29, 0.717) is 23.9 Å². The van der Waals surface area contributed by atoms with Crippen LogP contribution in [-0.4, -0.2) is 15.0 Å². The Balaban J connectivity index is 3.03. The first-order valence-electron chi connectivity index (χ1n) is 6.57. The summed E-state index contributed by atoms with van der Waals surface area (Å²) in [4.78, 5) is 0.344. The van der Waals surface area contributed by atoms with Crippen LogP contribution in [0.5, 0.6) is 0 Å². The molecule has 0 aromatic heterocycles. The van der Waals surface area contributed by atoms with Crippen molar-refractivity contribution in [3.63, 3.8) is 0 Å². The second-order valence-corrected chi connectivity index (χ2v) is 7.06. The molecule has 1 aromatic rings. The Labute approximate surface area is 116 Å². The number of nitrogens with two attached hydrogens (primary N) is 1. The minimum Gasteiger partial charge on any atom is -0.326 e. The number of aryl methyl sites for hydroxylation is 1. The van der Waals surface area contributed by atoms with Gasteiger partial charge < -0.3 is 5.73 Å². The highest BCUT2D eigenvalue weighted by molar-refractivity contribution is 7.89. The molecule has 0 fully saturated rings. The highest BCUT2D eigenvalue weighted by Gasteiger charge is 2.18. The maximum absolute atomic E-state index is 12.3. The molecule has 0 atom stereocenters. The number of benzene rings is 1. The number of sulfonamides is 1. The van der Waals surface area contributed by atoms with Gasteiger partial charge in [-0.2, -0.15) is 0 Å². The zero-order chi connectivity index (χ0) is 14.6. The van der Waals surface area contributed by atoms with Crippen LogP contribution in [0.2, 0.25) is 0 Å². The van der Waals surface area contributed by atoms with E-state index in [9.17, 15) is 8.42 Å². The maximum atomic E-state index is 12.3. The summed E-state index contributed by atoms with van der Waals surface area (Å²) in [5.41, 5.74) is 8.18. The van der Waals surface area contributed by atoms with Crippen LogP contribution in [0.4, 0.5) is 0 Å². The molecule has 1 aromatic carbocycles. The van der Waals surface area contributed by atoms with Gasteiger partial charge in [0.2, 0.25) is 10.0 Å². The molecule has 108 valence electrons. The smallest absolute Gasteiger partial charge is 0.240 e. The summed E-state index contributed by atoms with van der Waals surface area (Å²) in [6, 6.07) is 3.60. The third kappa shape index (κ3) is 4.30. The zero-order valence-electron chi connectivity index (χ0n) is 12.2. The molecular weight excluding hydrogens is 260 g/mol. The highest BCUT2D eigenvalue weighted by Crippen LogP contribution is 2.21. The summed E-state index contributed by atoms with van der Waals surface area (Å²) >= 11 is 0. The molecule has 0 aliphatic rings. The van der Waals surface area contributed by atoms with Crippen molar-refractivity contribution in [2.75, 3.05) is 6.54 Å². The van der Waals surface area contributed by atoms with E-state index >= 15 is 0 Å². The molecule has 5 heteroatoms. The van der Waals surface area contributed by atoms with E-state index in [1.54, 1.807) is 6.07 Å². The Hall–Kier alpha value is -0.910. The molecule has 19 heavy (non-hydrogen) atoms. The predicted molar refractivity (Wildman–Crippen MR) is 78.5 cm³/mol. The van der Waals surface area contributed by atoms with Crippen molar-refractivity contribution < 1.29 is 8.42 Å². The van der Waals surface area contributed by atoms with Crippen LogP contribution < -0.4 is 10.5 Å². The molecule has 0 heterocycles. The quantitative estimate of drug-likeness (QED) is 0.840. The number of hydrogen-bond acceptors (Lipinski definition) is 3. The Bertz CT molecular complexity index is 537. The van der Waals surface area contributed by atoms with Gasteiger partial charge in [0.05, 0.1) is 4.90 Å². The topological polar surface area (TPSA) is 72.2 Å². The summed E-state index contributed by atoms with van der Waals surface area (Å²) < 4.78 is 27.3. The van der Waals surface area contributed by atoms with Gasteiger partial charge in [0.15, 0.2) is 0 Å². The third-order valence-corrected chi connectivity index (χ3v) is 4.81. The molecule has 4 nitrogen and oxygen atoms in total. The van der Waals surface area contributed by atoms with Crippen LogP contribution in [0, 0.1) is 19.8 Å². The molecular formula is C14H24N2O2S. The Kier molecular flexibility index (Phi) is 5.52. The fraction of sp³-hybridized carbons (Fsp3) is 0.571. The van der Waals surface area contributed by atoms with Crippen molar-refractivity contribution in [2.24, 2.45) is 11.7 Å². The van der Waals surface area contributed by atoms with Gasteiger partial charge in [0.1, 0.15) is 0 Å². The lowest BCUT2D eigenvalue weighted by atomic mass is 10.1. The molecule has 0 aliphatic carbocycles. The van der Waals surface area contributed by atoms with Crippen molar-refractivity contribution in [1.82, 2.24) is 4.72 Å². The zero-order valence-corrected chi connectivity index (χ0v) is 13.0. The molecule has 0 radical (unpaired) electrons. The van der Waals surface area contributed by atoms with Crippen LogP contribution in [0.3, 0.4) is 0 Å². The number of nitrogens with one attached hydrogen (secondary N) is 1. The normalized spacial score (nSPS) is 12.1. The summed E-state index contributed by atoms with van der Waals surface area (Å²) in [6.45, 7) is 8.67. The second kappa shape index (κ2) is 6.50. The number of hydrogen-bond donors (Lipinski definition) is 2. The van der Waals surface area contributed by atoms with Crippen molar-refractivity contribution >= 4 is 10.0 Å². The lowest BCUT2D eigenvalue weighted by molar-refractivity contribution is 0.551. The Morgan fingerprint density at radius 1 is 1.26 bits per heavy atom. The van der Waals surface area contributed by atoms with Gasteiger partial charge in [0, 0.05) is 13.1 Å². The lowest BCUT2D eigenvalue weighted by Gasteiger charge is -2.13. The van der Waals surface area contributed by atoms with E-state index in [-0.39, 0.29) is 0 Å². The fourth-order valence-electron chi connectivity index (χ4n) is 1.86. The van der Waals surface area contributed by atoms with E-state index < -0.39 is 10.0 Å². The molecule has 0 aliphatic heterocycles. The predicted octanol–water partition coefficient (Wildman–Crippen LogP) is 2.09. The molecule has 3 N–H and O–H groups in total. The maximum Gasteiger partial charge on any atom is 0.240 e. The van der Waals surface area contributed by atoms with Gasteiger partial charge in [-0.1, -0.05) is 19.9 Å². The first-order valence-corrected chi connectivity index (χ1v) is 8.06. The van der Waals surface area contributed by atoms with Gasteiger partial charge in [-0.15, -0.1) is 0 Å². The van der Waals surface area contributed by atoms with E-state index in [4.69, 9.17) is 5.73 Å². The SMILES string of the molecule is Cc1cc(CN)cc(S(=O)(=O)NCCC(C)C)c1C. The van der Waals surface area contributed by atoms with Crippen LogP contribution in [0.15, 0.2) is 17.0 Å². The summed E-state index contributed by atoms with van der Waals surface area (Å²) in [5.74, 6) is 0.473. The van der Waals surface area contributed by atoms with Crippen molar-refractivity contribution in [3.8, 4) is 0 Å². The monoisotopic (exact) mass is 284 g/mol. The third-order valence-electron chi connectivity index (χ3n) is 3.22. The van der Waals surface area contributed by atoms with Gasteiger partial charge in [-0.3, -0.25) is 0 Å². The first-order chi connectivity index (χ1) is 8.77. The minimum atomic E-state index is -3.45. The second-order valence-electron chi connectivity index (χ2n) is 5.32. The average Bonchev–Trinajstić information content (AvgIpc) is 2.31. The van der Waals surface area contributed by atoms with Crippen LogP contribution in [0.1, 0.15) is 37.0 Å². The lowest BCUT2D eigenvalue weighted by Crippen LogP contribution is -2.26. The fourth-order valence-corrected chi connectivity index (χ4v) is 3.27. The highest BCUT2D eigenvalue weighted by atomic mass is 32.2. The number of rotatable bonds is 6. The average molecular weight is 284 g/mol. The molecule has 0 saturated carbocycles. The molecule has 0 bridgehead atoms. The van der Waals surface area contributed by atoms with Gasteiger partial charge in [0.25, 0.3) is 0 Å². The van der Waals surface area contributed by atoms with Crippen LogP contribution in [0.25, 0.3) is 0 Å². The van der Waals surface area contributed by atoms with Crippen molar-refractivity contribution in [1.29, 1.82) is 0 Å². The van der Waals surface area contributed by atoms with Gasteiger partial charge in [-0.25, -0.2) is 13.1 Å². The van der Waals surface area contributed by atoms with Crippen molar-refractivity contribution in [2.45, 2.75) is 45.6 Å². The largest absolute Gasteiger partial charge is 0.326 e. The summed E-state index contributed by atoms with van der Waals surface area (Å²) in [5, 5.41) is 0.